The fourth-order valence-corrected chi connectivity index (χ4v) is 2.77. The molecule has 0 atom stereocenters. The zero-order valence-electron chi connectivity index (χ0n) is 12.1. The Morgan fingerprint density at radius 2 is 1.83 bits per heavy atom. The van der Waals surface area contributed by atoms with Crippen molar-refractivity contribution >= 4 is 33.0 Å². The third kappa shape index (κ3) is 4.19. The summed E-state index contributed by atoms with van der Waals surface area (Å²) < 4.78 is 25.6. The summed E-state index contributed by atoms with van der Waals surface area (Å²) in [6.07, 6.45) is 0. The van der Waals surface area contributed by atoms with Crippen LogP contribution >= 0.6 is 11.6 Å². The van der Waals surface area contributed by atoms with Crippen molar-refractivity contribution < 1.29 is 13.3 Å². The molecule has 0 fully saturated rings. The molecule has 0 saturated carbocycles. The van der Waals surface area contributed by atoms with Crippen LogP contribution in [0.25, 0.3) is 0 Å². The molecule has 23 heavy (non-hydrogen) atoms. The van der Waals surface area contributed by atoms with Crippen LogP contribution in [-0.2, 0) is 16.6 Å². The number of nitro groups is 1. The van der Waals surface area contributed by atoms with Crippen molar-refractivity contribution in [2.24, 2.45) is 0 Å². The van der Waals surface area contributed by atoms with Crippen molar-refractivity contribution in [3.63, 3.8) is 0 Å². The molecular weight excluding hydrogens is 342 g/mol. The van der Waals surface area contributed by atoms with Gasteiger partial charge in [0.15, 0.2) is 0 Å². The molecule has 2 aromatic rings. The van der Waals surface area contributed by atoms with Gasteiger partial charge in [-0.2, -0.15) is 0 Å². The van der Waals surface area contributed by atoms with Crippen LogP contribution in [0.2, 0.25) is 5.02 Å². The van der Waals surface area contributed by atoms with Crippen LogP contribution in [0.3, 0.4) is 0 Å². The molecule has 0 aliphatic carbocycles. The van der Waals surface area contributed by atoms with E-state index >= 15 is 0 Å². The molecule has 0 radical (unpaired) electrons. The third-order valence-corrected chi connectivity index (χ3v) is 4.81. The van der Waals surface area contributed by atoms with E-state index in [-0.39, 0.29) is 16.3 Å². The van der Waals surface area contributed by atoms with Gasteiger partial charge in [0.2, 0.25) is 10.0 Å². The van der Waals surface area contributed by atoms with E-state index in [0.717, 1.165) is 11.6 Å². The number of anilines is 1. The molecule has 0 bridgehead atoms. The van der Waals surface area contributed by atoms with Crippen LogP contribution in [0.4, 0.5) is 11.4 Å². The number of nitrogens with one attached hydrogen (secondary N) is 2. The van der Waals surface area contributed by atoms with Crippen molar-refractivity contribution in [2.45, 2.75) is 11.4 Å². The maximum atomic E-state index is 11.7. The van der Waals surface area contributed by atoms with Crippen molar-refractivity contribution in [2.75, 3.05) is 12.4 Å². The topological polar surface area (TPSA) is 101 Å². The van der Waals surface area contributed by atoms with Crippen molar-refractivity contribution in [1.29, 1.82) is 0 Å². The highest BCUT2D eigenvalue weighted by Crippen LogP contribution is 2.28. The predicted octanol–water partition coefficient (Wildman–Crippen LogP) is 2.77. The molecule has 0 amide bonds. The van der Waals surface area contributed by atoms with Gasteiger partial charge < -0.3 is 5.32 Å². The van der Waals surface area contributed by atoms with E-state index in [4.69, 9.17) is 11.6 Å². The Kier molecular flexibility index (Phi) is 5.19. The third-order valence-electron chi connectivity index (χ3n) is 3.14. The highest BCUT2D eigenvalue weighted by atomic mass is 35.5. The second kappa shape index (κ2) is 6.95. The van der Waals surface area contributed by atoms with E-state index in [1.807, 2.05) is 0 Å². The molecule has 2 aromatic carbocycles. The maximum absolute atomic E-state index is 11.7. The van der Waals surface area contributed by atoms with E-state index < -0.39 is 14.9 Å². The lowest BCUT2D eigenvalue weighted by atomic mass is 10.2. The fourth-order valence-electron chi connectivity index (χ4n) is 1.90. The monoisotopic (exact) mass is 355 g/mol. The molecule has 0 heterocycles. The quantitative estimate of drug-likeness (QED) is 0.612. The van der Waals surface area contributed by atoms with Crippen LogP contribution in [0, 0.1) is 10.1 Å². The molecular formula is C14H14ClN3O4S. The normalized spacial score (nSPS) is 11.2. The zero-order chi connectivity index (χ0) is 17.0. The standard InChI is InChI=1S/C14H14ClN3O4S/c1-16-23(21,22)12-6-7-13(14(8-12)18(19)20)17-9-10-2-4-11(15)5-3-10/h2-8,16-17H,9H2,1H3. The molecule has 2 rings (SSSR count). The van der Waals surface area contributed by atoms with Gasteiger partial charge in [-0.1, -0.05) is 23.7 Å². The first-order chi connectivity index (χ1) is 10.8. The molecule has 0 saturated heterocycles. The molecule has 2 N–H and O–H groups in total. The van der Waals surface area contributed by atoms with Gasteiger partial charge in [0, 0.05) is 17.6 Å². The largest absolute Gasteiger partial charge is 0.375 e. The van der Waals surface area contributed by atoms with Crippen LogP contribution in [0.15, 0.2) is 47.4 Å². The van der Waals surface area contributed by atoms with Crippen molar-refractivity contribution in [3.05, 3.63) is 63.2 Å². The van der Waals surface area contributed by atoms with Crippen LogP contribution in [0.1, 0.15) is 5.56 Å². The van der Waals surface area contributed by atoms with Crippen LogP contribution in [0.5, 0.6) is 0 Å². The van der Waals surface area contributed by atoms with Gasteiger partial charge in [0.25, 0.3) is 5.69 Å². The number of nitrogens with zero attached hydrogens (tertiary/aromatic N) is 1. The molecule has 0 aromatic heterocycles. The van der Waals surface area contributed by atoms with E-state index in [0.29, 0.717) is 11.6 Å². The number of nitro benzene ring substituents is 1. The fraction of sp³-hybridized carbons (Fsp3) is 0.143. The first-order valence-corrected chi connectivity index (χ1v) is 8.40. The lowest BCUT2D eigenvalue weighted by molar-refractivity contribution is -0.384. The summed E-state index contributed by atoms with van der Waals surface area (Å²) in [5.74, 6) is 0. The number of hydrogen-bond donors (Lipinski definition) is 2. The zero-order valence-corrected chi connectivity index (χ0v) is 13.7. The summed E-state index contributed by atoms with van der Waals surface area (Å²) in [7, 11) is -2.50. The predicted molar refractivity (Wildman–Crippen MR) is 88.1 cm³/mol. The maximum Gasteiger partial charge on any atom is 0.293 e. The summed E-state index contributed by atoms with van der Waals surface area (Å²) in [6, 6.07) is 10.7. The molecule has 122 valence electrons. The molecule has 7 nitrogen and oxygen atoms in total. The molecule has 0 spiro atoms. The summed E-state index contributed by atoms with van der Waals surface area (Å²) in [4.78, 5) is 10.4. The minimum absolute atomic E-state index is 0.163. The van der Waals surface area contributed by atoms with E-state index in [9.17, 15) is 18.5 Å². The minimum atomic E-state index is -3.74. The van der Waals surface area contributed by atoms with Gasteiger partial charge in [-0.15, -0.1) is 0 Å². The first kappa shape index (κ1) is 17.2. The Bertz CT molecular complexity index is 822. The average Bonchev–Trinajstić information content (AvgIpc) is 2.54. The summed E-state index contributed by atoms with van der Waals surface area (Å²) in [5.41, 5.74) is 0.811. The lowest BCUT2D eigenvalue weighted by Crippen LogP contribution is -2.18. The van der Waals surface area contributed by atoms with Gasteiger partial charge in [-0.3, -0.25) is 10.1 Å². The highest BCUT2D eigenvalue weighted by molar-refractivity contribution is 7.89. The van der Waals surface area contributed by atoms with Gasteiger partial charge in [0.1, 0.15) is 5.69 Å². The second-order valence-electron chi connectivity index (χ2n) is 4.62. The van der Waals surface area contributed by atoms with E-state index in [1.54, 1.807) is 24.3 Å². The van der Waals surface area contributed by atoms with Gasteiger partial charge in [0.05, 0.1) is 9.82 Å². The highest BCUT2D eigenvalue weighted by Gasteiger charge is 2.20. The first-order valence-electron chi connectivity index (χ1n) is 6.54. The van der Waals surface area contributed by atoms with Gasteiger partial charge in [-0.25, -0.2) is 13.1 Å². The average molecular weight is 356 g/mol. The Morgan fingerprint density at radius 1 is 1.17 bits per heavy atom. The van der Waals surface area contributed by atoms with Crippen LogP contribution < -0.4 is 10.0 Å². The van der Waals surface area contributed by atoms with Crippen molar-refractivity contribution in [1.82, 2.24) is 4.72 Å². The second-order valence-corrected chi connectivity index (χ2v) is 6.95. The summed E-state index contributed by atoms with van der Waals surface area (Å²) in [6.45, 7) is 0.343. The van der Waals surface area contributed by atoms with E-state index in [2.05, 4.69) is 10.0 Å². The number of benzene rings is 2. The number of hydrogen-bond acceptors (Lipinski definition) is 5. The smallest absolute Gasteiger partial charge is 0.293 e. The summed E-state index contributed by atoms with van der Waals surface area (Å²) in [5, 5.41) is 14.7. The number of halogens is 1. The van der Waals surface area contributed by atoms with Gasteiger partial charge in [-0.05, 0) is 36.9 Å². The van der Waals surface area contributed by atoms with Crippen LogP contribution in [-0.4, -0.2) is 20.4 Å². The molecule has 0 aliphatic rings. The van der Waals surface area contributed by atoms with E-state index in [1.165, 1.54) is 19.2 Å². The molecule has 0 unspecified atom stereocenters. The molecule has 0 aliphatic heterocycles. The number of sulfonamides is 1. The number of rotatable bonds is 6. The minimum Gasteiger partial charge on any atom is -0.375 e. The Balaban J connectivity index is 2.28. The Hall–Kier alpha value is -2.16. The molecule has 9 heteroatoms. The lowest BCUT2D eigenvalue weighted by Gasteiger charge is -2.09. The van der Waals surface area contributed by atoms with Gasteiger partial charge >= 0.3 is 0 Å². The Labute approximate surface area is 138 Å². The Morgan fingerprint density at radius 3 is 2.39 bits per heavy atom. The van der Waals surface area contributed by atoms with Crippen molar-refractivity contribution in [3.8, 4) is 0 Å². The SMILES string of the molecule is CNS(=O)(=O)c1ccc(NCc2ccc(Cl)cc2)c([N+](=O)[O-])c1. The summed E-state index contributed by atoms with van der Waals surface area (Å²) >= 11 is 5.80.